The van der Waals surface area contributed by atoms with Gasteiger partial charge in [0, 0.05) is 31.1 Å². The van der Waals surface area contributed by atoms with E-state index in [1.54, 1.807) is 0 Å². The molecule has 39 heavy (non-hydrogen) atoms. The number of unbranched alkanes of at least 4 members (excludes halogenated alkanes) is 1. The molecule has 0 radical (unpaired) electrons. The summed E-state index contributed by atoms with van der Waals surface area (Å²) in [6.45, 7) is 10.4. The fraction of sp³-hybridized carbons (Fsp3) is 0.700. The molecule has 9 nitrogen and oxygen atoms in total. The number of carbonyl (C=O) groups is 1. The molecule has 210 valence electrons. The third kappa shape index (κ3) is 4.98. The molecule has 0 N–H and O–H groups in total. The molecule has 3 atom stereocenters. The normalized spacial score (nSPS) is 24.0. The predicted octanol–water partition coefficient (Wildman–Crippen LogP) is 5.30. The van der Waals surface area contributed by atoms with Gasteiger partial charge in [0.25, 0.3) is 0 Å². The maximum Gasteiger partial charge on any atom is 0.186 e. The molecule has 0 bridgehead atoms. The number of likely N-dealkylation sites (tertiary alicyclic amines) is 1. The summed E-state index contributed by atoms with van der Waals surface area (Å²) in [4.78, 5) is 28.2. The van der Waals surface area contributed by atoms with Gasteiger partial charge in [-0.1, -0.05) is 25.4 Å². The first-order chi connectivity index (χ1) is 18.9. The molecule has 5 heterocycles. The van der Waals surface area contributed by atoms with Crippen molar-refractivity contribution in [2.24, 2.45) is 5.92 Å². The van der Waals surface area contributed by atoms with Crippen LogP contribution in [0.15, 0.2) is 4.52 Å². The van der Waals surface area contributed by atoms with Crippen LogP contribution in [0, 0.1) is 12.8 Å². The van der Waals surface area contributed by atoms with E-state index in [1.807, 2.05) is 0 Å². The molecule has 3 aromatic heterocycles. The Balaban J connectivity index is 1.45. The van der Waals surface area contributed by atoms with Crippen LogP contribution in [0.1, 0.15) is 94.6 Å². The van der Waals surface area contributed by atoms with Crippen LogP contribution >= 0.6 is 0 Å². The van der Waals surface area contributed by atoms with E-state index in [2.05, 4.69) is 47.5 Å². The van der Waals surface area contributed by atoms with Crippen LogP contribution in [0.4, 0.5) is 5.82 Å². The largest absolute Gasteiger partial charge is 0.360 e. The number of ketones is 1. The topological polar surface area (TPSA) is 93.2 Å². The first-order valence-corrected chi connectivity index (χ1v) is 15.2. The molecule has 0 amide bonds. The van der Waals surface area contributed by atoms with Crippen molar-refractivity contribution < 1.29 is 9.32 Å². The van der Waals surface area contributed by atoms with Crippen molar-refractivity contribution in [3.05, 3.63) is 17.0 Å². The minimum absolute atomic E-state index is 0.196. The van der Waals surface area contributed by atoms with E-state index >= 15 is 0 Å². The van der Waals surface area contributed by atoms with Crippen LogP contribution in [0.5, 0.6) is 0 Å². The van der Waals surface area contributed by atoms with Crippen molar-refractivity contribution in [3.63, 3.8) is 0 Å². The highest BCUT2D eigenvalue weighted by Gasteiger charge is 2.34. The van der Waals surface area contributed by atoms with Gasteiger partial charge in [0.2, 0.25) is 0 Å². The summed E-state index contributed by atoms with van der Waals surface area (Å²) in [5.74, 6) is 3.00. The lowest BCUT2D eigenvalue weighted by Gasteiger charge is -2.32. The van der Waals surface area contributed by atoms with Gasteiger partial charge in [-0.3, -0.25) is 4.79 Å². The number of hydrogen-bond acceptors (Lipinski definition) is 8. The van der Waals surface area contributed by atoms with Crippen molar-refractivity contribution in [2.45, 2.75) is 103 Å². The summed E-state index contributed by atoms with van der Waals surface area (Å²) in [5, 5.41) is 10.6. The molecule has 0 spiro atoms. The first-order valence-electron chi connectivity index (χ1n) is 15.2. The van der Waals surface area contributed by atoms with Crippen LogP contribution in [-0.2, 0) is 17.8 Å². The zero-order chi connectivity index (χ0) is 27.1. The minimum atomic E-state index is -0.196. The molecular formula is C30H43N7O2. The number of anilines is 1. The Morgan fingerprint density at radius 1 is 1.10 bits per heavy atom. The number of carbonyl (C=O) groups excluding carboxylic acids is 1. The number of Topliss-reactive ketones (excluding diaryl/α,β-unsaturated/α-hetero) is 1. The Labute approximate surface area is 231 Å². The van der Waals surface area contributed by atoms with Gasteiger partial charge in [0.05, 0.1) is 23.5 Å². The van der Waals surface area contributed by atoms with E-state index in [1.165, 1.54) is 19.3 Å². The van der Waals surface area contributed by atoms with Crippen molar-refractivity contribution >= 4 is 22.6 Å². The van der Waals surface area contributed by atoms with Gasteiger partial charge in [-0.15, -0.1) is 0 Å². The molecule has 9 heteroatoms. The van der Waals surface area contributed by atoms with Gasteiger partial charge in [0.15, 0.2) is 22.9 Å². The Morgan fingerprint density at radius 3 is 2.72 bits per heavy atom. The molecule has 2 fully saturated rings. The van der Waals surface area contributed by atoms with E-state index in [9.17, 15) is 4.79 Å². The van der Waals surface area contributed by atoms with Gasteiger partial charge in [-0.2, -0.15) is 5.10 Å². The van der Waals surface area contributed by atoms with Crippen molar-refractivity contribution in [3.8, 4) is 11.5 Å². The highest BCUT2D eigenvalue weighted by atomic mass is 16.5. The molecule has 2 saturated heterocycles. The molecule has 3 aromatic rings. The zero-order valence-corrected chi connectivity index (χ0v) is 24.1. The van der Waals surface area contributed by atoms with Crippen LogP contribution in [0.25, 0.3) is 22.6 Å². The maximum absolute atomic E-state index is 13.0. The second-order valence-electron chi connectivity index (χ2n) is 12.2. The van der Waals surface area contributed by atoms with Gasteiger partial charge in [-0.05, 0) is 77.8 Å². The number of rotatable bonds is 8. The maximum atomic E-state index is 13.0. The van der Waals surface area contributed by atoms with E-state index in [4.69, 9.17) is 19.6 Å². The van der Waals surface area contributed by atoms with Crippen LogP contribution < -0.4 is 4.90 Å². The lowest BCUT2D eigenvalue weighted by atomic mass is 9.83. The second-order valence-corrected chi connectivity index (χ2v) is 12.2. The summed E-state index contributed by atoms with van der Waals surface area (Å²) >= 11 is 0. The number of hydrogen-bond donors (Lipinski definition) is 0. The lowest BCUT2D eigenvalue weighted by Crippen LogP contribution is -2.35. The highest BCUT2D eigenvalue weighted by molar-refractivity contribution is 5.92. The second kappa shape index (κ2) is 11.0. The van der Waals surface area contributed by atoms with Crippen molar-refractivity contribution in [1.29, 1.82) is 0 Å². The average molecular weight is 534 g/mol. The molecule has 6 rings (SSSR count). The average Bonchev–Trinajstić information content (AvgIpc) is 3.64. The molecule has 3 unspecified atom stereocenters. The standard InChI is InChI=1S/C30H43N7O2/c1-5-6-14-24(38)22-12-7-13-23-26(34-39-27(22)23)28-31-29(36-16-8-10-19(2)17-36)25-20(3)33-37(30(25)32-28)18-21-11-9-15-35(21)4/h19,21-22H,5-18H2,1-4H3. The Bertz CT molecular complexity index is 1340. The van der Waals surface area contributed by atoms with Gasteiger partial charge < -0.3 is 14.3 Å². The summed E-state index contributed by atoms with van der Waals surface area (Å²) < 4.78 is 8.03. The number of likely N-dealkylation sites (N-methyl/N-ethyl adjacent to an activating group) is 1. The predicted molar refractivity (Wildman–Crippen MR) is 152 cm³/mol. The van der Waals surface area contributed by atoms with Crippen LogP contribution in [0.2, 0.25) is 0 Å². The molecular weight excluding hydrogens is 490 g/mol. The quantitative estimate of drug-likeness (QED) is 0.385. The summed E-state index contributed by atoms with van der Waals surface area (Å²) in [5.41, 5.74) is 3.59. The van der Waals surface area contributed by atoms with Crippen molar-refractivity contribution in [2.75, 3.05) is 31.6 Å². The Kier molecular flexibility index (Phi) is 7.44. The number of nitrogens with zero attached hydrogens (tertiary/aromatic N) is 7. The van der Waals surface area contributed by atoms with Crippen molar-refractivity contribution in [1.82, 2.24) is 29.8 Å². The number of aromatic nitrogens is 5. The van der Waals surface area contributed by atoms with Gasteiger partial charge in [0.1, 0.15) is 11.6 Å². The fourth-order valence-corrected chi connectivity index (χ4v) is 6.94. The fourth-order valence-electron chi connectivity index (χ4n) is 6.94. The summed E-state index contributed by atoms with van der Waals surface area (Å²) in [7, 11) is 2.21. The van der Waals surface area contributed by atoms with E-state index < -0.39 is 0 Å². The lowest BCUT2D eigenvalue weighted by molar-refractivity contribution is -0.121. The highest BCUT2D eigenvalue weighted by Crippen LogP contribution is 2.39. The minimum Gasteiger partial charge on any atom is -0.360 e. The van der Waals surface area contributed by atoms with Crippen LogP contribution in [0.3, 0.4) is 0 Å². The van der Waals surface area contributed by atoms with Gasteiger partial charge in [-0.25, -0.2) is 14.6 Å². The number of piperidine rings is 1. The molecule has 0 aromatic carbocycles. The molecule has 1 aliphatic carbocycles. The summed E-state index contributed by atoms with van der Waals surface area (Å²) in [6.07, 6.45) is 9.96. The van der Waals surface area contributed by atoms with E-state index in [-0.39, 0.29) is 11.7 Å². The SMILES string of the molecule is CCCCC(=O)C1CCCc2c(-c3nc(N4CCCC(C)C4)c4c(C)nn(CC5CCCN5C)c4n3)noc21. The third-order valence-corrected chi connectivity index (χ3v) is 9.19. The molecule has 0 saturated carbocycles. The van der Waals surface area contributed by atoms with E-state index in [0.29, 0.717) is 29.9 Å². The van der Waals surface area contributed by atoms with Crippen LogP contribution in [-0.4, -0.2) is 68.3 Å². The number of fused-ring (bicyclic) bond motifs is 2. The van der Waals surface area contributed by atoms with Gasteiger partial charge >= 0.3 is 0 Å². The summed E-state index contributed by atoms with van der Waals surface area (Å²) in [6, 6.07) is 0.457. The smallest absolute Gasteiger partial charge is 0.186 e. The Morgan fingerprint density at radius 2 is 1.95 bits per heavy atom. The monoisotopic (exact) mass is 533 g/mol. The molecule has 2 aliphatic heterocycles. The zero-order valence-electron chi connectivity index (χ0n) is 24.1. The number of aryl methyl sites for hydroxylation is 1. The third-order valence-electron chi connectivity index (χ3n) is 9.19. The van der Waals surface area contributed by atoms with E-state index in [0.717, 1.165) is 98.6 Å². The molecule has 3 aliphatic rings. The Hall–Kier alpha value is -2.81. The first kappa shape index (κ1) is 26.4.